The topological polar surface area (TPSA) is 99.3 Å². The molecule has 33 heavy (non-hydrogen) atoms. The fourth-order valence-corrected chi connectivity index (χ4v) is 5.57. The molecule has 1 aliphatic heterocycles. The molecule has 1 aromatic carbocycles. The van der Waals surface area contributed by atoms with E-state index >= 15 is 0 Å². The van der Waals surface area contributed by atoms with E-state index in [0.717, 1.165) is 46.3 Å². The largest absolute Gasteiger partial charge is 0.423 e. The van der Waals surface area contributed by atoms with Crippen molar-refractivity contribution in [3.05, 3.63) is 57.8 Å². The van der Waals surface area contributed by atoms with Crippen molar-refractivity contribution in [2.75, 3.05) is 11.9 Å². The lowest BCUT2D eigenvalue weighted by molar-refractivity contribution is -0.114. The molecule has 170 valence electrons. The van der Waals surface area contributed by atoms with Gasteiger partial charge < -0.3 is 14.5 Å². The summed E-state index contributed by atoms with van der Waals surface area (Å²) < 4.78 is 13.4. The first kappa shape index (κ1) is 21.9. The van der Waals surface area contributed by atoms with E-state index in [2.05, 4.69) is 20.1 Å². The number of nitrogens with zero attached hydrogens (tertiary/aromatic N) is 3. The Labute approximate surface area is 198 Å². The summed E-state index contributed by atoms with van der Waals surface area (Å²) >= 11 is 3.16. The van der Waals surface area contributed by atoms with Crippen molar-refractivity contribution in [1.82, 2.24) is 14.8 Å². The van der Waals surface area contributed by atoms with Crippen LogP contribution in [0.1, 0.15) is 25.3 Å². The van der Waals surface area contributed by atoms with Gasteiger partial charge in [-0.2, -0.15) is 0 Å². The smallest absolute Gasteiger partial charge is 0.336 e. The Morgan fingerprint density at radius 2 is 2.21 bits per heavy atom. The monoisotopic (exact) mass is 482 g/mol. The third kappa shape index (κ3) is 4.87. The maximum Gasteiger partial charge on any atom is 0.336 e. The second-order valence-electron chi connectivity index (χ2n) is 7.80. The van der Waals surface area contributed by atoms with E-state index in [1.165, 1.54) is 24.8 Å². The molecular formula is C23H22N4O4S2. The lowest BCUT2D eigenvalue weighted by atomic mass is 10.1. The van der Waals surface area contributed by atoms with Gasteiger partial charge in [-0.05, 0) is 42.0 Å². The van der Waals surface area contributed by atoms with Crippen LogP contribution in [0.5, 0.6) is 0 Å². The molecule has 0 saturated carbocycles. The number of hydrogen-bond acceptors (Lipinski definition) is 8. The van der Waals surface area contributed by atoms with Crippen LogP contribution < -0.4 is 10.9 Å². The number of rotatable bonds is 7. The van der Waals surface area contributed by atoms with Crippen LogP contribution in [-0.2, 0) is 21.8 Å². The van der Waals surface area contributed by atoms with Gasteiger partial charge in [0.15, 0.2) is 11.0 Å². The lowest BCUT2D eigenvalue weighted by Crippen LogP contribution is -2.16. The molecule has 10 heteroatoms. The summed E-state index contributed by atoms with van der Waals surface area (Å²) in [7, 11) is 0. The molecule has 3 aromatic heterocycles. The highest BCUT2D eigenvalue weighted by atomic mass is 32.2. The molecule has 1 saturated heterocycles. The van der Waals surface area contributed by atoms with Crippen LogP contribution in [0.15, 0.2) is 56.1 Å². The Kier molecular flexibility index (Phi) is 6.30. The highest BCUT2D eigenvalue weighted by Gasteiger charge is 2.22. The number of nitrogens with one attached hydrogen (secondary N) is 1. The summed E-state index contributed by atoms with van der Waals surface area (Å²) in [5.74, 6) is 1.17. The van der Waals surface area contributed by atoms with Crippen molar-refractivity contribution in [2.24, 2.45) is 0 Å². The molecule has 1 atom stereocenters. The standard InChI is InChI=1S/C23H22N4O4S2/c1-14(28)24-16-6-7-18-15(10-21(29)31-19(18)11-16)13-33-23-26-25-22(20-5-3-9-32-20)27(23)12-17-4-2-8-30-17/h3,5-7,9-11,17H,2,4,8,12-13H2,1H3,(H,24,28). The van der Waals surface area contributed by atoms with E-state index in [-0.39, 0.29) is 12.0 Å². The van der Waals surface area contributed by atoms with Gasteiger partial charge in [-0.15, -0.1) is 21.5 Å². The molecule has 4 aromatic rings. The quantitative estimate of drug-likeness (QED) is 0.305. The number of aromatic nitrogens is 3. The number of anilines is 1. The van der Waals surface area contributed by atoms with Crippen molar-refractivity contribution < 1.29 is 13.9 Å². The molecule has 4 heterocycles. The third-order valence-corrected chi connectivity index (χ3v) is 7.26. The number of thiophene rings is 1. The van der Waals surface area contributed by atoms with E-state index in [4.69, 9.17) is 9.15 Å². The highest BCUT2D eigenvalue weighted by Crippen LogP contribution is 2.32. The van der Waals surface area contributed by atoms with Gasteiger partial charge >= 0.3 is 5.63 Å². The normalized spacial score (nSPS) is 15.8. The molecule has 8 nitrogen and oxygen atoms in total. The molecule has 0 aliphatic carbocycles. The van der Waals surface area contributed by atoms with Crippen LogP contribution in [0.2, 0.25) is 0 Å². The van der Waals surface area contributed by atoms with Gasteiger partial charge in [0.2, 0.25) is 5.91 Å². The van der Waals surface area contributed by atoms with Crippen LogP contribution in [0.4, 0.5) is 5.69 Å². The number of carbonyl (C=O) groups is 1. The van der Waals surface area contributed by atoms with Crippen molar-refractivity contribution in [3.63, 3.8) is 0 Å². The van der Waals surface area contributed by atoms with Gasteiger partial charge in [0.05, 0.1) is 17.5 Å². The van der Waals surface area contributed by atoms with Gasteiger partial charge in [-0.1, -0.05) is 17.8 Å². The van der Waals surface area contributed by atoms with Gasteiger partial charge in [0.25, 0.3) is 0 Å². The van der Waals surface area contributed by atoms with Crippen LogP contribution in [0, 0.1) is 0 Å². The van der Waals surface area contributed by atoms with Gasteiger partial charge in [0.1, 0.15) is 5.58 Å². The average molecular weight is 483 g/mol. The molecule has 5 rings (SSSR count). The summed E-state index contributed by atoms with van der Waals surface area (Å²) in [5, 5.41) is 15.3. The van der Waals surface area contributed by atoms with Gasteiger partial charge in [-0.25, -0.2) is 4.79 Å². The minimum absolute atomic E-state index is 0.149. The first-order chi connectivity index (χ1) is 16.1. The zero-order chi connectivity index (χ0) is 22.8. The fraction of sp³-hybridized carbons (Fsp3) is 0.304. The van der Waals surface area contributed by atoms with Crippen molar-refractivity contribution >= 4 is 45.7 Å². The Bertz CT molecular complexity index is 1340. The molecule has 0 spiro atoms. The number of ether oxygens (including phenoxy) is 1. The van der Waals surface area contributed by atoms with E-state index in [1.807, 2.05) is 23.6 Å². The zero-order valence-electron chi connectivity index (χ0n) is 17.9. The second kappa shape index (κ2) is 9.50. The first-order valence-electron chi connectivity index (χ1n) is 10.6. The molecule has 1 aliphatic rings. The molecule has 1 fully saturated rings. The van der Waals surface area contributed by atoms with Gasteiger partial charge in [0, 0.05) is 42.5 Å². The minimum Gasteiger partial charge on any atom is -0.423 e. The summed E-state index contributed by atoms with van der Waals surface area (Å²) in [4.78, 5) is 24.6. The Morgan fingerprint density at radius 1 is 1.30 bits per heavy atom. The molecule has 0 radical (unpaired) electrons. The summed E-state index contributed by atoms with van der Waals surface area (Å²) in [5.41, 5.74) is 1.42. The van der Waals surface area contributed by atoms with Crippen molar-refractivity contribution in [1.29, 1.82) is 0 Å². The maximum atomic E-state index is 12.2. The summed E-state index contributed by atoms with van der Waals surface area (Å²) in [6.45, 7) is 2.92. The van der Waals surface area contributed by atoms with Crippen LogP contribution >= 0.6 is 23.1 Å². The van der Waals surface area contributed by atoms with E-state index in [0.29, 0.717) is 23.6 Å². The average Bonchev–Trinajstić information content (AvgIpc) is 3.54. The van der Waals surface area contributed by atoms with Crippen molar-refractivity contribution in [2.45, 2.75) is 43.3 Å². The van der Waals surface area contributed by atoms with E-state index in [9.17, 15) is 9.59 Å². The number of benzene rings is 1. The van der Waals surface area contributed by atoms with Crippen molar-refractivity contribution in [3.8, 4) is 10.7 Å². The predicted molar refractivity (Wildman–Crippen MR) is 129 cm³/mol. The van der Waals surface area contributed by atoms with Gasteiger partial charge in [-0.3, -0.25) is 9.36 Å². The van der Waals surface area contributed by atoms with E-state index in [1.54, 1.807) is 23.5 Å². The molecule has 1 N–H and O–H groups in total. The Morgan fingerprint density at radius 3 is 2.97 bits per heavy atom. The Balaban J connectivity index is 1.44. The number of hydrogen-bond donors (Lipinski definition) is 1. The second-order valence-corrected chi connectivity index (χ2v) is 9.69. The number of carbonyl (C=O) groups excluding carboxylic acids is 1. The first-order valence-corrected chi connectivity index (χ1v) is 12.5. The fourth-order valence-electron chi connectivity index (χ4n) is 3.91. The molecular weight excluding hydrogens is 460 g/mol. The Hall–Kier alpha value is -2.95. The van der Waals surface area contributed by atoms with Crippen LogP contribution in [0.3, 0.4) is 0 Å². The number of fused-ring (bicyclic) bond motifs is 1. The predicted octanol–water partition coefficient (Wildman–Crippen LogP) is 4.54. The lowest BCUT2D eigenvalue weighted by Gasteiger charge is -2.14. The van der Waals surface area contributed by atoms with Crippen LogP contribution in [0.25, 0.3) is 21.7 Å². The summed E-state index contributed by atoms with van der Waals surface area (Å²) in [6.07, 6.45) is 2.24. The number of amides is 1. The minimum atomic E-state index is -0.432. The molecule has 0 bridgehead atoms. The van der Waals surface area contributed by atoms with E-state index < -0.39 is 5.63 Å². The van der Waals surface area contributed by atoms with Crippen LogP contribution in [-0.4, -0.2) is 33.4 Å². The third-order valence-electron chi connectivity index (χ3n) is 5.38. The SMILES string of the molecule is CC(=O)Nc1ccc2c(CSc3nnc(-c4cccs4)n3CC3CCCO3)cc(=O)oc2c1. The molecule has 1 unspecified atom stereocenters. The summed E-state index contributed by atoms with van der Waals surface area (Å²) in [6, 6.07) is 10.9. The zero-order valence-corrected chi connectivity index (χ0v) is 19.6. The molecule has 1 amide bonds. The highest BCUT2D eigenvalue weighted by molar-refractivity contribution is 7.98. The maximum absolute atomic E-state index is 12.2. The number of thioether (sulfide) groups is 1.